The maximum absolute atomic E-state index is 13.2. The predicted octanol–water partition coefficient (Wildman–Crippen LogP) is 7.67. The Kier molecular flexibility index (Phi) is 5.46. The van der Waals surface area contributed by atoms with Crippen molar-refractivity contribution in [1.29, 1.82) is 0 Å². The first-order valence-corrected chi connectivity index (χ1v) is 13.3. The van der Waals surface area contributed by atoms with Crippen molar-refractivity contribution in [2.75, 3.05) is 0 Å². The third-order valence-corrected chi connectivity index (χ3v) is 8.18. The fraction of sp³-hybridized carbons (Fsp3) is 0.0625. The quantitative estimate of drug-likeness (QED) is 0.234. The molecular weight excluding hydrogens is 464 g/mol. The van der Waals surface area contributed by atoms with Crippen molar-refractivity contribution in [1.82, 2.24) is 0 Å². The normalized spacial score (nSPS) is 12.1. The van der Waals surface area contributed by atoms with Crippen LogP contribution in [0.1, 0.15) is 16.7 Å². The van der Waals surface area contributed by atoms with E-state index in [0.717, 1.165) is 28.7 Å². The zero-order chi connectivity index (χ0) is 24.7. The van der Waals surface area contributed by atoms with Crippen LogP contribution in [-0.2, 0) is 16.5 Å². The molecule has 0 fully saturated rings. The van der Waals surface area contributed by atoms with E-state index in [1.807, 2.05) is 48.5 Å². The van der Waals surface area contributed by atoms with Crippen LogP contribution < -0.4 is 4.18 Å². The van der Waals surface area contributed by atoms with Gasteiger partial charge in [0.25, 0.3) is 0 Å². The molecule has 1 aliphatic rings. The summed E-state index contributed by atoms with van der Waals surface area (Å²) in [6, 6.07) is 37.3. The molecule has 0 bridgehead atoms. The van der Waals surface area contributed by atoms with Gasteiger partial charge in [0.1, 0.15) is 4.90 Å². The molecule has 36 heavy (non-hydrogen) atoms. The Hall–Kier alpha value is -4.15. The molecule has 0 radical (unpaired) electrons. The van der Waals surface area contributed by atoms with Gasteiger partial charge >= 0.3 is 10.1 Å². The van der Waals surface area contributed by atoms with Crippen molar-refractivity contribution >= 4 is 10.1 Å². The Morgan fingerprint density at radius 1 is 0.611 bits per heavy atom. The zero-order valence-electron chi connectivity index (χ0n) is 19.8. The van der Waals surface area contributed by atoms with Crippen LogP contribution in [0.5, 0.6) is 5.75 Å². The molecule has 176 valence electrons. The average molecular weight is 489 g/mol. The molecule has 1 aliphatic carbocycles. The Bertz CT molecular complexity index is 1700. The van der Waals surface area contributed by atoms with Crippen LogP contribution >= 0.6 is 0 Å². The lowest BCUT2D eigenvalue weighted by Gasteiger charge is -2.16. The molecule has 0 heterocycles. The van der Waals surface area contributed by atoms with Crippen LogP contribution in [0.3, 0.4) is 0 Å². The highest BCUT2D eigenvalue weighted by Gasteiger charge is 2.24. The summed E-state index contributed by atoms with van der Waals surface area (Å²) in [6.45, 7) is 1.77. The van der Waals surface area contributed by atoms with Crippen molar-refractivity contribution in [3.63, 3.8) is 0 Å². The Morgan fingerprint density at radius 2 is 1.31 bits per heavy atom. The third kappa shape index (κ3) is 3.90. The first kappa shape index (κ1) is 22.3. The molecule has 4 heteroatoms. The van der Waals surface area contributed by atoms with Gasteiger partial charge in [-0.2, -0.15) is 8.42 Å². The van der Waals surface area contributed by atoms with E-state index in [9.17, 15) is 8.42 Å². The maximum Gasteiger partial charge on any atom is 0.339 e. The Morgan fingerprint density at radius 3 is 2.14 bits per heavy atom. The summed E-state index contributed by atoms with van der Waals surface area (Å²) in [6.07, 6.45) is 0.877. The van der Waals surface area contributed by atoms with Crippen molar-refractivity contribution in [3.8, 4) is 39.1 Å². The molecule has 0 amide bonds. The van der Waals surface area contributed by atoms with Gasteiger partial charge in [-0.1, -0.05) is 97.1 Å². The SMILES string of the molecule is Cc1ccccc1S(=O)(=O)Oc1ccc(-c2cccc3c2Cc2ccccc2-3)cc1-c1ccccc1. The molecule has 3 nitrogen and oxygen atoms in total. The van der Waals surface area contributed by atoms with E-state index in [-0.39, 0.29) is 4.90 Å². The van der Waals surface area contributed by atoms with Gasteiger partial charge in [-0.25, -0.2) is 0 Å². The van der Waals surface area contributed by atoms with E-state index in [4.69, 9.17) is 4.18 Å². The fourth-order valence-electron chi connectivity index (χ4n) is 5.04. The molecule has 0 saturated carbocycles. The number of benzene rings is 5. The third-order valence-electron chi connectivity index (χ3n) is 6.79. The predicted molar refractivity (Wildman–Crippen MR) is 145 cm³/mol. The summed E-state index contributed by atoms with van der Waals surface area (Å²) in [5.74, 6) is 0.309. The summed E-state index contributed by atoms with van der Waals surface area (Å²) in [5, 5.41) is 0. The van der Waals surface area contributed by atoms with Crippen LogP contribution in [0.4, 0.5) is 0 Å². The molecule has 0 aliphatic heterocycles. The highest BCUT2D eigenvalue weighted by molar-refractivity contribution is 7.87. The topological polar surface area (TPSA) is 43.4 Å². The van der Waals surface area contributed by atoms with Gasteiger partial charge in [0.15, 0.2) is 5.75 Å². The zero-order valence-corrected chi connectivity index (χ0v) is 20.6. The molecular formula is C32H24O3S. The minimum Gasteiger partial charge on any atom is -0.378 e. The van der Waals surface area contributed by atoms with Crippen LogP contribution in [0.25, 0.3) is 33.4 Å². The molecule has 0 saturated heterocycles. The number of hydrogen-bond acceptors (Lipinski definition) is 3. The Labute approximate surface area is 211 Å². The first-order chi connectivity index (χ1) is 17.5. The van der Waals surface area contributed by atoms with Gasteiger partial charge in [0.05, 0.1) is 0 Å². The van der Waals surface area contributed by atoms with E-state index in [1.54, 1.807) is 31.2 Å². The summed E-state index contributed by atoms with van der Waals surface area (Å²) < 4.78 is 32.2. The molecule has 0 N–H and O–H groups in total. The lowest BCUT2D eigenvalue weighted by atomic mass is 9.93. The monoisotopic (exact) mass is 488 g/mol. The van der Waals surface area contributed by atoms with Crippen molar-refractivity contribution in [3.05, 3.63) is 132 Å². The maximum atomic E-state index is 13.2. The molecule has 6 rings (SSSR count). The van der Waals surface area contributed by atoms with E-state index in [2.05, 4.69) is 42.5 Å². The number of fused-ring (bicyclic) bond motifs is 3. The molecule has 0 atom stereocenters. The summed E-state index contributed by atoms with van der Waals surface area (Å²) in [5.41, 5.74) is 9.60. The molecule has 5 aromatic rings. The van der Waals surface area contributed by atoms with Crippen LogP contribution in [0.2, 0.25) is 0 Å². The van der Waals surface area contributed by atoms with E-state index in [0.29, 0.717) is 11.3 Å². The standard InChI is InChI=1S/C32H24O3S/c1-22-10-5-8-17-32(22)36(33,34)35-31-19-18-25(20-29(31)23-11-3-2-4-12-23)27-15-9-16-28-26-14-7-6-13-24(26)21-30(27)28/h2-20H,21H2,1H3. The lowest BCUT2D eigenvalue weighted by Crippen LogP contribution is -2.11. The smallest absolute Gasteiger partial charge is 0.339 e. The van der Waals surface area contributed by atoms with Crippen LogP contribution in [-0.4, -0.2) is 8.42 Å². The number of rotatable bonds is 5. The van der Waals surface area contributed by atoms with Crippen molar-refractivity contribution < 1.29 is 12.6 Å². The van der Waals surface area contributed by atoms with E-state index < -0.39 is 10.1 Å². The van der Waals surface area contributed by atoms with Crippen LogP contribution in [0.15, 0.2) is 120 Å². The lowest BCUT2D eigenvalue weighted by molar-refractivity contribution is 0.486. The number of aryl methyl sites for hydroxylation is 1. The Balaban J connectivity index is 1.47. The van der Waals surface area contributed by atoms with Gasteiger partial charge < -0.3 is 4.18 Å². The summed E-state index contributed by atoms with van der Waals surface area (Å²) in [7, 11) is -4.00. The van der Waals surface area contributed by atoms with E-state index >= 15 is 0 Å². The average Bonchev–Trinajstić information content (AvgIpc) is 3.28. The molecule has 0 aromatic heterocycles. The second kappa shape index (κ2) is 8.81. The minimum atomic E-state index is -4.00. The summed E-state index contributed by atoms with van der Waals surface area (Å²) >= 11 is 0. The van der Waals surface area contributed by atoms with Gasteiger partial charge in [-0.15, -0.1) is 0 Å². The highest BCUT2D eigenvalue weighted by Crippen LogP contribution is 2.43. The van der Waals surface area contributed by atoms with Crippen molar-refractivity contribution in [2.24, 2.45) is 0 Å². The molecule has 0 unspecified atom stereocenters. The highest BCUT2D eigenvalue weighted by atomic mass is 32.2. The second-order valence-corrected chi connectivity index (χ2v) is 10.6. The summed E-state index contributed by atoms with van der Waals surface area (Å²) in [4.78, 5) is 0.173. The minimum absolute atomic E-state index is 0.173. The van der Waals surface area contributed by atoms with E-state index in [1.165, 1.54) is 22.3 Å². The van der Waals surface area contributed by atoms with Gasteiger partial charge in [0.2, 0.25) is 0 Å². The fourth-order valence-corrected chi connectivity index (χ4v) is 6.22. The van der Waals surface area contributed by atoms with Gasteiger partial charge in [-0.05, 0) is 76.1 Å². The second-order valence-electron chi connectivity index (χ2n) is 9.05. The molecule has 0 spiro atoms. The number of hydrogen-bond donors (Lipinski definition) is 0. The van der Waals surface area contributed by atoms with Crippen molar-refractivity contribution in [2.45, 2.75) is 18.2 Å². The van der Waals surface area contributed by atoms with Gasteiger partial charge in [-0.3, -0.25) is 0 Å². The van der Waals surface area contributed by atoms with Crippen LogP contribution in [0, 0.1) is 6.92 Å². The largest absolute Gasteiger partial charge is 0.378 e. The molecule has 5 aromatic carbocycles. The first-order valence-electron chi connectivity index (χ1n) is 11.9. The van der Waals surface area contributed by atoms with Gasteiger partial charge in [0, 0.05) is 5.56 Å².